The lowest BCUT2D eigenvalue weighted by atomic mass is 10.3. The maximum absolute atomic E-state index is 12.1. The molecule has 20 heavy (non-hydrogen) atoms. The van der Waals surface area contributed by atoms with Gasteiger partial charge < -0.3 is 9.52 Å². The van der Waals surface area contributed by atoms with Gasteiger partial charge in [0.2, 0.25) is 15.8 Å². The zero-order chi connectivity index (χ0) is 15.1. The molecule has 8 nitrogen and oxygen atoms in total. The number of aryl methyl sites for hydroxylation is 1. The number of carboxylic acid groups (broad SMARTS) is 1. The van der Waals surface area contributed by atoms with E-state index < -0.39 is 37.6 Å². The van der Waals surface area contributed by atoms with Crippen LogP contribution in [0.1, 0.15) is 22.7 Å². The monoisotopic (exact) mass is 323 g/mol. The average Bonchev–Trinajstić information content (AvgIpc) is 2.82. The summed E-state index contributed by atoms with van der Waals surface area (Å²) in [6.07, 6.45) is 0.199. The maximum atomic E-state index is 12.1. The molecule has 1 atom stereocenters. The summed E-state index contributed by atoms with van der Waals surface area (Å²) in [6, 6.07) is 0.205. The van der Waals surface area contributed by atoms with Crippen molar-refractivity contribution in [2.24, 2.45) is 0 Å². The Balaban J connectivity index is 2.25. The number of carboxylic acids is 1. The molecular formula is C10H13NO7S2. The first-order chi connectivity index (χ1) is 9.11. The molecule has 0 amide bonds. The summed E-state index contributed by atoms with van der Waals surface area (Å²) in [5.41, 5.74) is 0. The Bertz CT molecular complexity index is 745. The van der Waals surface area contributed by atoms with Gasteiger partial charge >= 0.3 is 5.97 Å². The summed E-state index contributed by atoms with van der Waals surface area (Å²) < 4.78 is 53.9. The van der Waals surface area contributed by atoms with E-state index in [1.165, 1.54) is 6.92 Å². The van der Waals surface area contributed by atoms with Gasteiger partial charge in [0, 0.05) is 12.1 Å². The standard InChI is InChI=1S/C10H13NO7S2/c1-6-9(4-8(18-6)10(12)13)20(16,17)11-7-2-3-19(14,15)5-7/h4,7,11H,2-3,5H2,1H3,(H,12,13). The molecule has 2 rings (SSSR count). The van der Waals surface area contributed by atoms with E-state index in [2.05, 4.69) is 4.72 Å². The number of hydrogen-bond donors (Lipinski definition) is 2. The fourth-order valence-corrected chi connectivity index (χ4v) is 5.24. The lowest BCUT2D eigenvalue weighted by Gasteiger charge is -2.10. The maximum Gasteiger partial charge on any atom is 0.371 e. The molecule has 1 aromatic rings. The minimum atomic E-state index is -4.01. The topological polar surface area (TPSA) is 131 Å². The minimum absolute atomic E-state index is 0.0595. The van der Waals surface area contributed by atoms with Crippen molar-refractivity contribution in [3.63, 3.8) is 0 Å². The molecule has 0 spiro atoms. The molecule has 10 heteroatoms. The molecule has 2 heterocycles. The number of sulfone groups is 1. The molecule has 0 radical (unpaired) electrons. The van der Waals surface area contributed by atoms with Crippen molar-refractivity contribution in [1.29, 1.82) is 0 Å². The molecule has 0 saturated carbocycles. The molecular weight excluding hydrogens is 310 g/mol. The third-order valence-electron chi connectivity index (χ3n) is 2.93. The van der Waals surface area contributed by atoms with Crippen molar-refractivity contribution in [3.8, 4) is 0 Å². The lowest BCUT2D eigenvalue weighted by molar-refractivity contribution is 0.0661. The smallest absolute Gasteiger partial charge is 0.371 e. The Morgan fingerprint density at radius 1 is 1.50 bits per heavy atom. The summed E-state index contributed by atoms with van der Waals surface area (Å²) in [4.78, 5) is 10.4. The van der Waals surface area contributed by atoms with Crippen LogP contribution in [0.15, 0.2) is 15.4 Å². The minimum Gasteiger partial charge on any atom is -0.475 e. The van der Waals surface area contributed by atoms with Crippen LogP contribution in [-0.2, 0) is 19.9 Å². The van der Waals surface area contributed by atoms with Gasteiger partial charge in [-0.2, -0.15) is 0 Å². The first-order valence-corrected chi connectivity index (χ1v) is 8.98. The second-order valence-electron chi connectivity index (χ2n) is 4.56. The molecule has 1 fully saturated rings. The Labute approximate surface area is 115 Å². The number of furan rings is 1. The lowest BCUT2D eigenvalue weighted by Crippen LogP contribution is -2.35. The quantitative estimate of drug-likeness (QED) is 0.781. The zero-order valence-electron chi connectivity index (χ0n) is 10.5. The Kier molecular flexibility index (Phi) is 3.65. The number of aromatic carboxylic acids is 1. The van der Waals surface area contributed by atoms with E-state index in [0.717, 1.165) is 6.07 Å². The van der Waals surface area contributed by atoms with Crippen molar-refractivity contribution < 1.29 is 31.2 Å². The molecule has 0 aliphatic carbocycles. The summed E-state index contributed by atoms with van der Waals surface area (Å²) in [5, 5.41) is 8.75. The number of sulfonamides is 1. The fraction of sp³-hybridized carbons (Fsp3) is 0.500. The SMILES string of the molecule is Cc1oc(C(=O)O)cc1S(=O)(=O)NC1CCS(=O)(=O)C1. The van der Waals surface area contributed by atoms with E-state index in [4.69, 9.17) is 9.52 Å². The van der Waals surface area contributed by atoms with Crippen LogP contribution in [0.2, 0.25) is 0 Å². The molecule has 1 unspecified atom stereocenters. The van der Waals surface area contributed by atoms with Gasteiger partial charge in [-0.05, 0) is 13.3 Å². The van der Waals surface area contributed by atoms with Crippen molar-refractivity contribution >= 4 is 25.8 Å². The van der Waals surface area contributed by atoms with Crippen LogP contribution < -0.4 is 4.72 Å². The number of rotatable bonds is 4. The first-order valence-electron chi connectivity index (χ1n) is 5.67. The third kappa shape index (κ3) is 3.02. The van der Waals surface area contributed by atoms with Gasteiger partial charge in [0.15, 0.2) is 9.84 Å². The predicted octanol–water partition coefficient (Wildman–Crippen LogP) is -0.248. The van der Waals surface area contributed by atoms with E-state index in [1.54, 1.807) is 0 Å². The van der Waals surface area contributed by atoms with Gasteiger partial charge in [-0.15, -0.1) is 0 Å². The largest absolute Gasteiger partial charge is 0.475 e. The Hall–Kier alpha value is -1.39. The van der Waals surface area contributed by atoms with Crippen LogP contribution in [0.3, 0.4) is 0 Å². The zero-order valence-corrected chi connectivity index (χ0v) is 12.1. The van der Waals surface area contributed by atoms with Crippen molar-refractivity contribution in [2.75, 3.05) is 11.5 Å². The highest BCUT2D eigenvalue weighted by atomic mass is 32.2. The molecule has 0 bridgehead atoms. The van der Waals surface area contributed by atoms with Gasteiger partial charge in [-0.3, -0.25) is 0 Å². The van der Waals surface area contributed by atoms with Gasteiger partial charge in [-0.1, -0.05) is 0 Å². The van der Waals surface area contributed by atoms with Crippen molar-refractivity contribution in [2.45, 2.75) is 24.3 Å². The summed E-state index contributed by atoms with van der Waals surface area (Å²) >= 11 is 0. The Morgan fingerprint density at radius 3 is 2.60 bits per heavy atom. The van der Waals surface area contributed by atoms with E-state index in [0.29, 0.717) is 0 Å². The van der Waals surface area contributed by atoms with Gasteiger partial charge in [0.05, 0.1) is 11.5 Å². The molecule has 0 aromatic carbocycles. The van der Waals surface area contributed by atoms with Crippen LogP contribution in [0, 0.1) is 6.92 Å². The fourth-order valence-electron chi connectivity index (χ4n) is 2.01. The number of carbonyl (C=O) groups is 1. The highest BCUT2D eigenvalue weighted by molar-refractivity contribution is 7.92. The van der Waals surface area contributed by atoms with E-state index in [-0.39, 0.29) is 28.6 Å². The van der Waals surface area contributed by atoms with Gasteiger partial charge in [0.25, 0.3) is 0 Å². The van der Waals surface area contributed by atoms with Gasteiger partial charge in [0.1, 0.15) is 10.7 Å². The molecule has 1 aliphatic rings. The van der Waals surface area contributed by atoms with E-state index >= 15 is 0 Å². The number of hydrogen-bond acceptors (Lipinski definition) is 6. The Morgan fingerprint density at radius 2 is 2.15 bits per heavy atom. The predicted molar refractivity (Wildman–Crippen MR) is 67.8 cm³/mol. The molecule has 1 aliphatic heterocycles. The molecule has 1 saturated heterocycles. The van der Waals surface area contributed by atoms with Gasteiger partial charge in [-0.25, -0.2) is 26.4 Å². The van der Waals surface area contributed by atoms with E-state index in [9.17, 15) is 21.6 Å². The second kappa shape index (κ2) is 4.86. The first kappa shape index (κ1) is 15.0. The number of nitrogens with one attached hydrogen (secondary N) is 1. The van der Waals surface area contributed by atoms with Crippen molar-refractivity contribution in [1.82, 2.24) is 4.72 Å². The van der Waals surface area contributed by atoms with Crippen LogP contribution in [0.5, 0.6) is 0 Å². The molecule has 1 aromatic heterocycles. The summed E-state index contributed by atoms with van der Waals surface area (Å²) in [7, 11) is -7.22. The van der Waals surface area contributed by atoms with Crippen LogP contribution in [0.25, 0.3) is 0 Å². The third-order valence-corrected chi connectivity index (χ3v) is 6.32. The van der Waals surface area contributed by atoms with Crippen LogP contribution in [0.4, 0.5) is 0 Å². The summed E-state index contributed by atoms with van der Waals surface area (Å²) in [6.45, 7) is 1.33. The highest BCUT2D eigenvalue weighted by Crippen LogP contribution is 2.22. The normalized spacial score (nSPS) is 21.9. The van der Waals surface area contributed by atoms with Crippen molar-refractivity contribution in [3.05, 3.63) is 17.6 Å². The van der Waals surface area contributed by atoms with Crippen LogP contribution in [-0.4, -0.2) is 45.5 Å². The summed E-state index contributed by atoms with van der Waals surface area (Å²) in [5.74, 6) is -2.24. The molecule has 2 N–H and O–H groups in total. The van der Waals surface area contributed by atoms with Crippen LogP contribution >= 0.6 is 0 Å². The highest BCUT2D eigenvalue weighted by Gasteiger charge is 2.33. The second-order valence-corrected chi connectivity index (χ2v) is 8.47. The average molecular weight is 323 g/mol. The van der Waals surface area contributed by atoms with E-state index in [1.807, 2.05) is 0 Å². The molecule has 112 valence electrons.